The van der Waals surface area contributed by atoms with Gasteiger partial charge in [0.05, 0.1) is 12.9 Å². The van der Waals surface area contributed by atoms with Gasteiger partial charge in [-0.25, -0.2) is 0 Å². The predicted octanol–water partition coefficient (Wildman–Crippen LogP) is 6.25. The second-order valence-electron chi connectivity index (χ2n) is 9.02. The number of rotatable bonds is 13. The summed E-state index contributed by atoms with van der Waals surface area (Å²) in [7, 11) is 1.64. The maximum atomic E-state index is 13.7. The Bertz CT molecular complexity index is 1140. The molecule has 0 bridgehead atoms. The fraction of sp³-hybridized carbons (Fsp3) is 0.333. The largest absolute Gasteiger partial charge is 0.497 e. The molecule has 0 heterocycles. The van der Waals surface area contributed by atoms with E-state index < -0.39 is 6.04 Å². The second-order valence-corrected chi connectivity index (χ2v) is 10.9. The number of nitrogens with zero attached hydrogens (tertiary/aromatic N) is 1. The van der Waals surface area contributed by atoms with Crippen LogP contribution in [0.5, 0.6) is 5.75 Å². The topological polar surface area (TPSA) is 58.6 Å². The van der Waals surface area contributed by atoms with E-state index in [1.54, 1.807) is 23.8 Å². The number of hydrogen-bond donors (Lipinski definition) is 1. The molecule has 0 unspecified atom stereocenters. The molecule has 0 aliphatic carbocycles. The van der Waals surface area contributed by atoms with Crippen molar-refractivity contribution in [2.75, 3.05) is 12.9 Å². The first-order valence-corrected chi connectivity index (χ1v) is 14.4. The summed E-state index contributed by atoms with van der Waals surface area (Å²) in [5.41, 5.74) is 3.11. The molecule has 3 aromatic rings. The number of halogens is 1. The van der Waals surface area contributed by atoms with Crippen LogP contribution in [0.1, 0.15) is 37.0 Å². The van der Waals surface area contributed by atoms with Crippen molar-refractivity contribution >= 4 is 39.5 Å². The first-order valence-electron chi connectivity index (χ1n) is 12.5. The fourth-order valence-corrected chi connectivity index (χ4v) is 5.21. The average molecular weight is 584 g/mol. The van der Waals surface area contributed by atoms with Crippen molar-refractivity contribution in [1.29, 1.82) is 0 Å². The van der Waals surface area contributed by atoms with E-state index in [1.807, 2.05) is 92.7 Å². The third-order valence-electron chi connectivity index (χ3n) is 6.17. The minimum absolute atomic E-state index is 0.0260. The summed E-state index contributed by atoms with van der Waals surface area (Å²) in [4.78, 5) is 29.0. The maximum absolute atomic E-state index is 13.7. The molecule has 2 amide bonds. The first kappa shape index (κ1) is 28.8. The molecule has 3 aromatic carbocycles. The minimum atomic E-state index is -0.621. The van der Waals surface area contributed by atoms with Crippen LogP contribution in [0.25, 0.3) is 0 Å². The van der Waals surface area contributed by atoms with E-state index >= 15 is 0 Å². The molecule has 3 rings (SSSR count). The van der Waals surface area contributed by atoms with E-state index in [9.17, 15) is 9.59 Å². The summed E-state index contributed by atoms with van der Waals surface area (Å²) in [6.45, 7) is 4.38. The Balaban J connectivity index is 1.83. The van der Waals surface area contributed by atoms with Crippen LogP contribution < -0.4 is 10.1 Å². The van der Waals surface area contributed by atoms with E-state index in [4.69, 9.17) is 4.74 Å². The second kappa shape index (κ2) is 14.8. The third kappa shape index (κ3) is 9.24. The van der Waals surface area contributed by atoms with Crippen LogP contribution in [0, 0.1) is 0 Å². The highest BCUT2D eigenvalue weighted by molar-refractivity contribution is 9.10. The Kier molecular flexibility index (Phi) is 11.5. The van der Waals surface area contributed by atoms with Crippen molar-refractivity contribution in [1.82, 2.24) is 10.2 Å². The molecule has 0 radical (unpaired) electrons. The molecule has 7 heteroatoms. The van der Waals surface area contributed by atoms with E-state index in [0.717, 1.165) is 33.3 Å². The van der Waals surface area contributed by atoms with Gasteiger partial charge in [0.25, 0.3) is 0 Å². The Morgan fingerprint density at radius 2 is 1.68 bits per heavy atom. The van der Waals surface area contributed by atoms with Gasteiger partial charge >= 0.3 is 0 Å². The number of benzene rings is 3. The van der Waals surface area contributed by atoms with Crippen LogP contribution in [0.2, 0.25) is 0 Å². The number of thioether (sulfide) groups is 1. The Morgan fingerprint density at radius 3 is 2.32 bits per heavy atom. The van der Waals surface area contributed by atoms with Crippen molar-refractivity contribution < 1.29 is 14.3 Å². The zero-order valence-electron chi connectivity index (χ0n) is 21.7. The molecule has 1 N–H and O–H groups in total. The summed E-state index contributed by atoms with van der Waals surface area (Å²) in [5.74, 6) is 1.60. The maximum Gasteiger partial charge on any atom is 0.243 e. The molecule has 196 valence electrons. The molecule has 0 fully saturated rings. The smallest absolute Gasteiger partial charge is 0.243 e. The SMILES string of the molecule is CC[C@H](C)NC(=O)[C@@H](Cc1ccccc1)N(Cc1cccc(Br)c1)C(=O)CSCc1ccc(OC)cc1. The number of hydrogen-bond acceptors (Lipinski definition) is 4. The molecule has 2 atom stereocenters. The van der Waals surface area contributed by atoms with Gasteiger partial charge in [-0.15, -0.1) is 11.8 Å². The normalized spacial score (nSPS) is 12.4. The Hall–Kier alpha value is -2.77. The van der Waals surface area contributed by atoms with Gasteiger partial charge in [0.15, 0.2) is 0 Å². The summed E-state index contributed by atoms with van der Waals surface area (Å²) >= 11 is 5.08. The quantitative estimate of drug-likeness (QED) is 0.259. The van der Waals surface area contributed by atoms with Gasteiger partial charge in [-0.3, -0.25) is 9.59 Å². The zero-order chi connectivity index (χ0) is 26.6. The van der Waals surface area contributed by atoms with Crippen molar-refractivity contribution in [2.45, 2.75) is 51.1 Å². The zero-order valence-corrected chi connectivity index (χ0v) is 24.1. The standard InChI is InChI=1S/C30H35BrN2O3S/c1-4-22(2)32-30(35)28(18-23-9-6-5-7-10-23)33(19-25-11-8-12-26(31)17-25)29(34)21-37-20-24-13-15-27(36-3)16-14-24/h5-17,22,28H,4,18-21H2,1-3H3,(H,32,35)/t22-,28+/m0/s1. The third-order valence-corrected chi connectivity index (χ3v) is 7.65. The monoisotopic (exact) mass is 582 g/mol. The summed E-state index contributed by atoms with van der Waals surface area (Å²) in [6, 6.07) is 25.0. The lowest BCUT2D eigenvalue weighted by molar-refractivity contribution is -0.139. The van der Waals surface area contributed by atoms with Gasteiger partial charge in [-0.05, 0) is 54.3 Å². The molecule has 0 aliphatic heterocycles. The number of methoxy groups -OCH3 is 1. The van der Waals surface area contributed by atoms with Crippen LogP contribution in [0.3, 0.4) is 0 Å². The van der Waals surface area contributed by atoms with Crippen molar-refractivity contribution in [3.8, 4) is 5.75 Å². The van der Waals surface area contributed by atoms with Gasteiger partial charge in [0.2, 0.25) is 11.8 Å². The van der Waals surface area contributed by atoms with Crippen molar-refractivity contribution in [2.24, 2.45) is 0 Å². The van der Waals surface area contributed by atoms with Crippen LogP contribution >= 0.6 is 27.7 Å². The first-order chi connectivity index (χ1) is 17.9. The highest BCUT2D eigenvalue weighted by Gasteiger charge is 2.30. The molecule has 37 heavy (non-hydrogen) atoms. The van der Waals surface area contributed by atoms with Crippen molar-refractivity contribution in [3.63, 3.8) is 0 Å². The number of carbonyl (C=O) groups excluding carboxylic acids is 2. The molecule has 0 saturated carbocycles. The molecule has 5 nitrogen and oxygen atoms in total. The highest BCUT2D eigenvalue weighted by Crippen LogP contribution is 2.21. The Morgan fingerprint density at radius 1 is 0.973 bits per heavy atom. The van der Waals surface area contributed by atoms with Crippen molar-refractivity contribution in [3.05, 3.63) is 100 Å². The number of ether oxygens (including phenoxy) is 1. The molecule has 0 spiro atoms. The lowest BCUT2D eigenvalue weighted by Gasteiger charge is -2.32. The summed E-state index contributed by atoms with van der Waals surface area (Å²) in [5, 5.41) is 3.11. The highest BCUT2D eigenvalue weighted by atomic mass is 79.9. The molecule has 0 aromatic heterocycles. The number of nitrogens with one attached hydrogen (secondary N) is 1. The summed E-state index contributed by atoms with van der Waals surface area (Å²) in [6.07, 6.45) is 1.27. The Labute approximate surface area is 233 Å². The van der Waals surface area contributed by atoms with Crippen LogP contribution in [-0.2, 0) is 28.3 Å². The van der Waals surface area contributed by atoms with E-state index in [2.05, 4.69) is 21.2 Å². The van der Waals surface area contributed by atoms with Crippen LogP contribution in [0.15, 0.2) is 83.3 Å². The average Bonchev–Trinajstić information content (AvgIpc) is 2.91. The van der Waals surface area contributed by atoms with Gasteiger partial charge in [-0.1, -0.05) is 77.5 Å². The van der Waals surface area contributed by atoms with Gasteiger partial charge in [0.1, 0.15) is 11.8 Å². The van der Waals surface area contributed by atoms with E-state index in [0.29, 0.717) is 18.7 Å². The van der Waals surface area contributed by atoms with Crippen LogP contribution in [-0.4, -0.2) is 41.7 Å². The fourth-order valence-electron chi connectivity index (χ4n) is 3.89. The lowest BCUT2D eigenvalue weighted by atomic mass is 10.0. The van der Waals surface area contributed by atoms with E-state index in [1.165, 1.54) is 0 Å². The molecule has 0 aliphatic rings. The lowest BCUT2D eigenvalue weighted by Crippen LogP contribution is -2.52. The van der Waals surface area contributed by atoms with E-state index in [-0.39, 0.29) is 23.6 Å². The van der Waals surface area contributed by atoms with Gasteiger partial charge in [0, 0.05) is 29.2 Å². The molecular weight excluding hydrogens is 548 g/mol. The summed E-state index contributed by atoms with van der Waals surface area (Å²) < 4.78 is 6.17. The molecule has 0 saturated heterocycles. The minimum Gasteiger partial charge on any atom is -0.497 e. The number of carbonyl (C=O) groups is 2. The van der Waals surface area contributed by atoms with Gasteiger partial charge < -0.3 is 15.0 Å². The predicted molar refractivity (Wildman–Crippen MR) is 156 cm³/mol. The van der Waals surface area contributed by atoms with Crippen LogP contribution in [0.4, 0.5) is 0 Å². The number of amides is 2. The molecular formula is C30H35BrN2O3S. The van der Waals surface area contributed by atoms with Gasteiger partial charge in [-0.2, -0.15) is 0 Å².